The molecular formula is C19H26N4O2. The number of rotatable bonds is 5. The molecule has 2 fully saturated rings. The van der Waals surface area contributed by atoms with Crippen molar-refractivity contribution in [3.05, 3.63) is 35.4 Å². The number of hydrogen-bond donors (Lipinski definition) is 1. The van der Waals surface area contributed by atoms with E-state index in [9.17, 15) is 4.79 Å². The van der Waals surface area contributed by atoms with Crippen LogP contribution in [0.5, 0.6) is 0 Å². The number of nitrogens with zero attached hydrogens (tertiary/aromatic N) is 3. The molecular weight excluding hydrogens is 316 g/mol. The first-order valence-electron chi connectivity index (χ1n) is 9.04. The number of nitriles is 1. The molecule has 2 heterocycles. The molecule has 0 unspecified atom stereocenters. The van der Waals surface area contributed by atoms with Gasteiger partial charge < -0.3 is 10.5 Å². The molecule has 2 aliphatic heterocycles. The average molecular weight is 342 g/mol. The van der Waals surface area contributed by atoms with Crippen LogP contribution in [0, 0.1) is 11.3 Å². The highest BCUT2D eigenvalue weighted by Crippen LogP contribution is 2.29. The van der Waals surface area contributed by atoms with E-state index in [1.54, 1.807) is 12.1 Å². The molecule has 1 aromatic carbocycles. The van der Waals surface area contributed by atoms with Gasteiger partial charge in [-0.2, -0.15) is 5.26 Å². The largest absolute Gasteiger partial charge is 0.379 e. The maximum absolute atomic E-state index is 12.3. The van der Waals surface area contributed by atoms with Gasteiger partial charge in [0.15, 0.2) is 0 Å². The Labute approximate surface area is 149 Å². The summed E-state index contributed by atoms with van der Waals surface area (Å²) in [5.74, 6) is -0.321. The molecule has 2 saturated heterocycles. The smallest absolute Gasteiger partial charge is 0.239 e. The fourth-order valence-corrected chi connectivity index (χ4v) is 3.90. The number of carbonyl (C=O) groups is 1. The predicted octanol–water partition coefficient (Wildman–Crippen LogP) is 1.27. The zero-order valence-electron chi connectivity index (χ0n) is 14.6. The molecule has 1 amide bonds. The number of piperidine rings is 1. The van der Waals surface area contributed by atoms with Crippen molar-refractivity contribution in [3.63, 3.8) is 0 Å². The van der Waals surface area contributed by atoms with Crippen molar-refractivity contribution < 1.29 is 9.53 Å². The molecule has 0 aliphatic carbocycles. The number of ether oxygens (including phenoxy) is 1. The first-order valence-corrected chi connectivity index (χ1v) is 9.04. The van der Waals surface area contributed by atoms with Crippen LogP contribution in [0.25, 0.3) is 0 Å². The number of primary amides is 1. The summed E-state index contributed by atoms with van der Waals surface area (Å²) >= 11 is 0. The molecule has 6 nitrogen and oxygen atoms in total. The van der Waals surface area contributed by atoms with Gasteiger partial charge in [-0.25, -0.2) is 0 Å². The van der Waals surface area contributed by atoms with E-state index in [4.69, 9.17) is 15.7 Å². The first kappa shape index (κ1) is 17.9. The third-order valence-electron chi connectivity index (χ3n) is 5.20. The number of likely N-dealkylation sites (tertiary alicyclic amines) is 1. The third kappa shape index (κ3) is 4.37. The molecule has 2 atom stereocenters. The van der Waals surface area contributed by atoms with Crippen molar-refractivity contribution in [1.82, 2.24) is 9.80 Å². The Bertz CT molecular complexity index is 619. The topological polar surface area (TPSA) is 82.6 Å². The maximum Gasteiger partial charge on any atom is 0.239 e. The van der Waals surface area contributed by atoms with E-state index >= 15 is 0 Å². The first-order chi connectivity index (χ1) is 12.2. The minimum absolute atomic E-state index is 0.319. The third-order valence-corrected chi connectivity index (χ3v) is 5.20. The van der Waals surface area contributed by atoms with Gasteiger partial charge in [-0.1, -0.05) is 18.6 Å². The van der Waals surface area contributed by atoms with Crippen molar-refractivity contribution in [2.24, 2.45) is 5.73 Å². The number of nitrogens with two attached hydrogens (primary N) is 1. The highest BCUT2D eigenvalue weighted by molar-refractivity contribution is 5.81. The van der Waals surface area contributed by atoms with Gasteiger partial charge in [0, 0.05) is 25.7 Å². The van der Waals surface area contributed by atoms with Crippen LogP contribution < -0.4 is 5.73 Å². The number of morpholine rings is 1. The van der Waals surface area contributed by atoms with E-state index in [2.05, 4.69) is 15.9 Å². The van der Waals surface area contributed by atoms with Crippen LogP contribution in [0.3, 0.4) is 0 Å². The van der Waals surface area contributed by atoms with Crippen LogP contribution in [0.15, 0.2) is 24.3 Å². The summed E-state index contributed by atoms with van der Waals surface area (Å²) in [5.41, 5.74) is 7.25. The molecule has 2 aliphatic rings. The van der Waals surface area contributed by atoms with Gasteiger partial charge in [0.2, 0.25) is 5.91 Å². The van der Waals surface area contributed by atoms with E-state index in [0.717, 1.165) is 57.8 Å². The Kier molecular flexibility index (Phi) is 6.03. The minimum Gasteiger partial charge on any atom is -0.379 e. The lowest BCUT2D eigenvalue weighted by Crippen LogP contribution is -2.52. The molecule has 3 rings (SSSR count). The Morgan fingerprint density at radius 3 is 2.60 bits per heavy atom. The second-order valence-corrected chi connectivity index (χ2v) is 6.84. The van der Waals surface area contributed by atoms with Crippen LogP contribution in [-0.2, 0) is 9.53 Å². The normalized spacial score (nSPS) is 23.7. The fourth-order valence-electron chi connectivity index (χ4n) is 3.90. The molecule has 2 N–H and O–H groups in total. The van der Waals surface area contributed by atoms with Crippen molar-refractivity contribution in [2.45, 2.75) is 31.3 Å². The molecule has 0 spiro atoms. The second-order valence-electron chi connectivity index (χ2n) is 6.84. The van der Waals surface area contributed by atoms with E-state index < -0.39 is 6.04 Å². The molecule has 0 saturated carbocycles. The molecule has 0 bridgehead atoms. The van der Waals surface area contributed by atoms with Gasteiger partial charge in [0.05, 0.1) is 24.8 Å². The van der Waals surface area contributed by atoms with Gasteiger partial charge in [-0.15, -0.1) is 0 Å². The summed E-state index contributed by atoms with van der Waals surface area (Å²) in [6.07, 6.45) is 3.35. The van der Waals surface area contributed by atoms with Crippen LogP contribution in [0.1, 0.15) is 36.4 Å². The standard InChI is InChI=1S/C19H26N4O2/c20-13-15-4-6-16(7-5-15)18(19(21)24)23-8-2-1-3-17(23)14-22-9-11-25-12-10-22/h4-7,17-18H,1-3,8-12,14H2,(H2,21,24)/t17-,18-/m0/s1. The van der Waals surface area contributed by atoms with E-state index in [1.807, 2.05) is 12.1 Å². The summed E-state index contributed by atoms with van der Waals surface area (Å²) in [4.78, 5) is 17.0. The lowest BCUT2D eigenvalue weighted by molar-refractivity contribution is -0.125. The molecule has 0 aromatic heterocycles. The molecule has 1 aromatic rings. The van der Waals surface area contributed by atoms with Crippen molar-refractivity contribution in [1.29, 1.82) is 5.26 Å². The summed E-state index contributed by atoms with van der Waals surface area (Å²) in [7, 11) is 0. The van der Waals surface area contributed by atoms with Crippen LogP contribution in [0.2, 0.25) is 0 Å². The van der Waals surface area contributed by atoms with Crippen LogP contribution in [-0.4, -0.2) is 61.1 Å². The number of carbonyl (C=O) groups excluding carboxylic acids is 1. The second kappa shape index (κ2) is 8.43. The lowest BCUT2D eigenvalue weighted by atomic mass is 9.95. The maximum atomic E-state index is 12.3. The number of amides is 1. The monoisotopic (exact) mass is 342 g/mol. The van der Waals surface area contributed by atoms with E-state index in [-0.39, 0.29) is 5.91 Å². The van der Waals surface area contributed by atoms with Crippen LogP contribution >= 0.6 is 0 Å². The Morgan fingerprint density at radius 2 is 1.96 bits per heavy atom. The SMILES string of the molecule is N#Cc1ccc([C@@H](C(N)=O)N2CCCC[C@H]2CN2CCOCC2)cc1. The predicted molar refractivity (Wildman–Crippen MR) is 94.7 cm³/mol. The van der Waals surface area contributed by atoms with Gasteiger partial charge in [-0.3, -0.25) is 14.6 Å². The summed E-state index contributed by atoms with van der Waals surface area (Å²) in [5, 5.41) is 8.98. The molecule has 134 valence electrons. The number of hydrogen-bond acceptors (Lipinski definition) is 5. The molecule has 25 heavy (non-hydrogen) atoms. The zero-order chi connectivity index (χ0) is 17.6. The van der Waals surface area contributed by atoms with Gasteiger partial charge in [0.1, 0.15) is 6.04 Å². The Balaban J connectivity index is 1.79. The van der Waals surface area contributed by atoms with E-state index in [0.29, 0.717) is 11.6 Å². The van der Waals surface area contributed by atoms with Crippen molar-refractivity contribution in [3.8, 4) is 6.07 Å². The summed E-state index contributed by atoms with van der Waals surface area (Å²) in [6.45, 7) is 5.28. The zero-order valence-corrected chi connectivity index (χ0v) is 14.6. The van der Waals surface area contributed by atoms with E-state index in [1.165, 1.54) is 6.42 Å². The van der Waals surface area contributed by atoms with Crippen LogP contribution in [0.4, 0.5) is 0 Å². The minimum atomic E-state index is -0.431. The van der Waals surface area contributed by atoms with Crippen molar-refractivity contribution in [2.75, 3.05) is 39.4 Å². The fraction of sp³-hybridized carbons (Fsp3) is 0.579. The quantitative estimate of drug-likeness (QED) is 0.871. The highest BCUT2D eigenvalue weighted by Gasteiger charge is 2.34. The molecule has 0 radical (unpaired) electrons. The van der Waals surface area contributed by atoms with Gasteiger partial charge >= 0.3 is 0 Å². The Hall–Kier alpha value is -1.94. The number of benzene rings is 1. The summed E-state index contributed by atoms with van der Waals surface area (Å²) < 4.78 is 5.44. The van der Waals surface area contributed by atoms with Gasteiger partial charge in [-0.05, 0) is 37.1 Å². The highest BCUT2D eigenvalue weighted by atomic mass is 16.5. The summed E-state index contributed by atoms with van der Waals surface area (Å²) in [6, 6.07) is 9.23. The van der Waals surface area contributed by atoms with Crippen molar-refractivity contribution >= 4 is 5.91 Å². The lowest BCUT2D eigenvalue weighted by Gasteiger charge is -2.42. The average Bonchev–Trinajstić information content (AvgIpc) is 2.64. The van der Waals surface area contributed by atoms with Gasteiger partial charge in [0.25, 0.3) is 0 Å². The Morgan fingerprint density at radius 1 is 1.24 bits per heavy atom. The molecule has 6 heteroatoms.